The summed E-state index contributed by atoms with van der Waals surface area (Å²) in [6.07, 6.45) is 6.14. The van der Waals surface area contributed by atoms with E-state index < -0.39 is 0 Å². The van der Waals surface area contributed by atoms with E-state index in [1.807, 2.05) is 16.7 Å². The van der Waals surface area contributed by atoms with Crippen LogP contribution in [0, 0.1) is 0 Å². The molecule has 0 saturated heterocycles. The maximum absolute atomic E-state index is 11.4. The van der Waals surface area contributed by atoms with E-state index in [1.165, 1.54) is 20.0 Å². The quantitative estimate of drug-likeness (QED) is 0.721. The number of imidazole rings is 1. The van der Waals surface area contributed by atoms with Gasteiger partial charge in [0.15, 0.2) is 0 Å². The molecular formula is C12H12N2O2. The summed E-state index contributed by atoms with van der Waals surface area (Å²) in [7, 11) is 1.39. The van der Waals surface area contributed by atoms with Gasteiger partial charge in [0.2, 0.25) is 0 Å². The van der Waals surface area contributed by atoms with Crippen molar-refractivity contribution in [3.8, 4) is 0 Å². The molecule has 0 unspecified atom stereocenters. The van der Waals surface area contributed by atoms with Crippen LogP contribution in [0.15, 0.2) is 24.5 Å². The van der Waals surface area contributed by atoms with E-state index in [1.54, 1.807) is 12.3 Å². The molecule has 0 radical (unpaired) electrons. The third-order valence-corrected chi connectivity index (χ3v) is 2.92. The number of hydrogen-bond acceptors (Lipinski definition) is 3. The van der Waals surface area contributed by atoms with Crippen molar-refractivity contribution in [3.05, 3.63) is 35.9 Å². The van der Waals surface area contributed by atoms with Crippen molar-refractivity contribution in [1.82, 2.24) is 9.38 Å². The van der Waals surface area contributed by atoms with Gasteiger partial charge in [-0.3, -0.25) is 0 Å². The molecule has 0 atom stereocenters. The fourth-order valence-corrected chi connectivity index (χ4v) is 1.91. The van der Waals surface area contributed by atoms with Gasteiger partial charge in [0.05, 0.1) is 24.4 Å². The third kappa shape index (κ3) is 1.38. The second-order valence-corrected chi connectivity index (χ2v) is 4.09. The number of methoxy groups -OCH3 is 1. The number of carbonyl (C=O) groups is 1. The van der Waals surface area contributed by atoms with Gasteiger partial charge in [-0.05, 0) is 25.0 Å². The highest BCUT2D eigenvalue weighted by Gasteiger charge is 2.27. The second-order valence-electron chi connectivity index (χ2n) is 4.09. The van der Waals surface area contributed by atoms with Crippen molar-refractivity contribution in [2.24, 2.45) is 0 Å². The predicted octanol–water partition coefficient (Wildman–Crippen LogP) is 2.00. The van der Waals surface area contributed by atoms with Crippen molar-refractivity contribution in [2.45, 2.75) is 18.8 Å². The molecule has 2 heterocycles. The number of nitrogens with zero attached hydrogens (tertiary/aromatic N) is 2. The van der Waals surface area contributed by atoms with Crippen LogP contribution in [-0.2, 0) is 4.74 Å². The first-order valence-electron chi connectivity index (χ1n) is 5.35. The molecule has 1 aliphatic carbocycles. The van der Waals surface area contributed by atoms with Gasteiger partial charge in [0.25, 0.3) is 0 Å². The van der Waals surface area contributed by atoms with Crippen molar-refractivity contribution in [3.63, 3.8) is 0 Å². The van der Waals surface area contributed by atoms with Gasteiger partial charge in [-0.1, -0.05) is 0 Å². The average molecular weight is 216 g/mol. The highest BCUT2D eigenvalue weighted by atomic mass is 16.5. The summed E-state index contributed by atoms with van der Waals surface area (Å²) < 4.78 is 6.73. The number of fused-ring (bicyclic) bond motifs is 1. The van der Waals surface area contributed by atoms with Crippen LogP contribution in [0.1, 0.15) is 34.9 Å². The van der Waals surface area contributed by atoms with Gasteiger partial charge < -0.3 is 9.14 Å². The smallest absolute Gasteiger partial charge is 0.337 e. The van der Waals surface area contributed by atoms with E-state index in [9.17, 15) is 4.79 Å². The van der Waals surface area contributed by atoms with Crippen LogP contribution in [0.4, 0.5) is 0 Å². The Balaban J connectivity index is 2.09. The lowest BCUT2D eigenvalue weighted by Gasteiger charge is -2.02. The standard InChI is InChI=1S/C12H12N2O2/c1-16-12(15)9-4-5-14-10(6-9)7-13-11(14)8-2-3-8/h4-8H,2-3H2,1H3. The highest BCUT2D eigenvalue weighted by molar-refractivity contribution is 5.90. The van der Waals surface area contributed by atoms with Crippen LogP contribution in [0.5, 0.6) is 0 Å². The topological polar surface area (TPSA) is 43.6 Å². The molecule has 0 bridgehead atoms. The fourth-order valence-electron chi connectivity index (χ4n) is 1.91. The summed E-state index contributed by atoms with van der Waals surface area (Å²) in [5.74, 6) is 1.40. The SMILES string of the molecule is COC(=O)c1ccn2c(C3CC3)ncc2c1. The molecule has 1 fully saturated rings. The summed E-state index contributed by atoms with van der Waals surface area (Å²) in [5, 5.41) is 0. The summed E-state index contributed by atoms with van der Waals surface area (Å²) in [6.45, 7) is 0. The van der Waals surface area contributed by atoms with Crippen LogP contribution in [0.25, 0.3) is 5.52 Å². The Morgan fingerprint density at radius 1 is 1.56 bits per heavy atom. The molecule has 2 aromatic rings. The van der Waals surface area contributed by atoms with E-state index in [-0.39, 0.29) is 5.97 Å². The fraction of sp³-hybridized carbons (Fsp3) is 0.333. The number of pyridine rings is 1. The second kappa shape index (κ2) is 3.33. The lowest BCUT2D eigenvalue weighted by molar-refractivity contribution is 0.0600. The first-order valence-corrected chi connectivity index (χ1v) is 5.35. The Bertz CT molecular complexity index is 555. The molecule has 0 aliphatic heterocycles. The van der Waals surface area contributed by atoms with E-state index in [0.29, 0.717) is 11.5 Å². The molecule has 1 aliphatic rings. The summed E-state index contributed by atoms with van der Waals surface area (Å²) in [5.41, 5.74) is 1.52. The van der Waals surface area contributed by atoms with Gasteiger partial charge in [-0.2, -0.15) is 0 Å². The number of rotatable bonds is 2. The third-order valence-electron chi connectivity index (χ3n) is 2.92. The summed E-state index contributed by atoms with van der Waals surface area (Å²) in [6, 6.07) is 3.58. The Hall–Kier alpha value is -1.84. The van der Waals surface area contributed by atoms with Crippen molar-refractivity contribution >= 4 is 11.5 Å². The largest absolute Gasteiger partial charge is 0.465 e. The van der Waals surface area contributed by atoms with E-state index in [4.69, 9.17) is 0 Å². The van der Waals surface area contributed by atoms with Gasteiger partial charge in [0.1, 0.15) is 5.82 Å². The molecule has 4 nitrogen and oxygen atoms in total. The van der Waals surface area contributed by atoms with E-state index in [0.717, 1.165) is 11.3 Å². The van der Waals surface area contributed by atoms with Crippen molar-refractivity contribution < 1.29 is 9.53 Å². The lowest BCUT2D eigenvalue weighted by atomic mass is 10.2. The van der Waals surface area contributed by atoms with Gasteiger partial charge in [-0.15, -0.1) is 0 Å². The van der Waals surface area contributed by atoms with Gasteiger partial charge in [0, 0.05) is 12.1 Å². The number of carbonyl (C=O) groups excluding carboxylic acids is 1. The zero-order chi connectivity index (χ0) is 11.1. The Kier molecular flexibility index (Phi) is 1.96. The molecule has 2 aromatic heterocycles. The molecule has 4 heteroatoms. The Labute approximate surface area is 92.9 Å². The first-order chi connectivity index (χ1) is 7.79. The Morgan fingerprint density at radius 3 is 3.06 bits per heavy atom. The number of esters is 1. The minimum Gasteiger partial charge on any atom is -0.465 e. The predicted molar refractivity (Wildman–Crippen MR) is 58.5 cm³/mol. The number of aromatic nitrogens is 2. The van der Waals surface area contributed by atoms with Crippen LogP contribution in [-0.4, -0.2) is 22.5 Å². The Morgan fingerprint density at radius 2 is 2.38 bits per heavy atom. The highest BCUT2D eigenvalue weighted by Crippen LogP contribution is 2.39. The molecule has 16 heavy (non-hydrogen) atoms. The maximum atomic E-state index is 11.4. The molecule has 0 N–H and O–H groups in total. The van der Waals surface area contributed by atoms with Crippen molar-refractivity contribution in [2.75, 3.05) is 7.11 Å². The maximum Gasteiger partial charge on any atom is 0.337 e. The monoisotopic (exact) mass is 216 g/mol. The number of ether oxygens (including phenoxy) is 1. The minimum absolute atomic E-state index is 0.309. The van der Waals surface area contributed by atoms with Crippen molar-refractivity contribution in [1.29, 1.82) is 0 Å². The minimum atomic E-state index is -0.309. The van der Waals surface area contributed by atoms with Crippen LogP contribution in [0.2, 0.25) is 0 Å². The van der Waals surface area contributed by atoms with E-state index >= 15 is 0 Å². The lowest BCUT2D eigenvalue weighted by Crippen LogP contribution is -2.02. The molecular weight excluding hydrogens is 204 g/mol. The van der Waals surface area contributed by atoms with Crippen LogP contribution >= 0.6 is 0 Å². The zero-order valence-electron chi connectivity index (χ0n) is 9.01. The molecule has 1 saturated carbocycles. The first kappa shape index (κ1) is 9.39. The van der Waals surface area contributed by atoms with E-state index in [2.05, 4.69) is 9.72 Å². The normalized spacial score (nSPS) is 15.3. The van der Waals surface area contributed by atoms with Gasteiger partial charge in [-0.25, -0.2) is 9.78 Å². The van der Waals surface area contributed by atoms with Gasteiger partial charge >= 0.3 is 5.97 Å². The molecule has 0 spiro atoms. The average Bonchev–Trinajstić information content (AvgIpc) is 3.08. The molecule has 0 aromatic carbocycles. The van der Waals surface area contributed by atoms with Crippen LogP contribution in [0.3, 0.4) is 0 Å². The summed E-state index contributed by atoms with van der Waals surface area (Å²) >= 11 is 0. The molecule has 82 valence electrons. The number of hydrogen-bond donors (Lipinski definition) is 0. The molecule has 3 rings (SSSR count). The van der Waals surface area contributed by atoms with Crippen LogP contribution < -0.4 is 0 Å². The summed E-state index contributed by atoms with van der Waals surface area (Å²) in [4.78, 5) is 15.8. The molecule has 0 amide bonds. The zero-order valence-corrected chi connectivity index (χ0v) is 9.01.